The summed E-state index contributed by atoms with van der Waals surface area (Å²) in [5.74, 6) is 0.330. The van der Waals surface area contributed by atoms with Gasteiger partial charge in [0.25, 0.3) is 0 Å². The smallest absolute Gasteiger partial charge is 0.221 e. The van der Waals surface area contributed by atoms with E-state index in [0.29, 0.717) is 17.2 Å². The first-order chi connectivity index (χ1) is 13.6. The molecule has 7 heteroatoms. The van der Waals surface area contributed by atoms with Crippen molar-refractivity contribution in [2.75, 3.05) is 10.6 Å². The van der Waals surface area contributed by atoms with Gasteiger partial charge in [0.2, 0.25) is 5.91 Å². The Balaban J connectivity index is 1.76. The number of carbonyl (C=O) groups excluding carboxylic acids is 1. The van der Waals surface area contributed by atoms with Gasteiger partial charge in [-0.15, -0.1) is 0 Å². The zero-order chi connectivity index (χ0) is 19.5. The van der Waals surface area contributed by atoms with E-state index in [2.05, 4.69) is 20.6 Å². The lowest BCUT2D eigenvalue weighted by atomic mass is 10.1. The fourth-order valence-corrected chi connectivity index (χ4v) is 2.88. The second-order valence-corrected chi connectivity index (χ2v) is 6.20. The van der Waals surface area contributed by atoms with Gasteiger partial charge in [-0.2, -0.15) is 0 Å². The van der Waals surface area contributed by atoms with Crippen molar-refractivity contribution in [3.05, 3.63) is 67.1 Å². The predicted molar refractivity (Wildman–Crippen MR) is 108 cm³/mol. The number of hydrogen-bond donors (Lipinski definition) is 3. The highest BCUT2D eigenvalue weighted by atomic mass is 16.3. The van der Waals surface area contributed by atoms with Crippen LogP contribution in [-0.2, 0) is 4.79 Å². The normalized spacial score (nSPS) is 10.6. The van der Waals surface area contributed by atoms with Crippen molar-refractivity contribution in [3.8, 4) is 17.0 Å². The van der Waals surface area contributed by atoms with Crippen molar-refractivity contribution in [2.45, 2.75) is 6.92 Å². The van der Waals surface area contributed by atoms with Gasteiger partial charge in [-0.3, -0.25) is 14.8 Å². The number of benzene rings is 1. The third kappa shape index (κ3) is 3.59. The van der Waals surface area contributed by atoms with Crippen molar-refractivity contribution >= 4 is 34.0 Å². The van der Waals surface area contributed by atoms with Crippen LogP contribution in [0.3, 0.4) is 0 Å². The second-order valence-electron chi connectivity index (χ2n) is 6.20. The standard InChI is InChI=1S/C21H17N5O2/c1-13(27)24-17-5-4-15(11-20(17)28)25-21-16-3-2-8-23-19(16)12-18(26-21)14-6-9-22-10-7-14/h2-12,28H,1H3,(H,24,27)(H,25,26). The number of nitrogens with one attached hydrogen (secondary N) is 2. The molecule has 1 aromatic carbocycles. The molecule has 3 heterocycles. The number of pyridine rings is 3. The van der Waals surface area contributed by atoms with Crippen molar-refractivity contribution in [1.82, 2.24) is 15.0 Å². The molecule has 3 aromatic heterocycles. The molecule has 0 aliphatic heterocycles. The van der Waals surface area contributed by atoms with Crippen LogP contribution in [0.2, 0.25) is 0 Å². The average Bonchev–Trinajstić information content (AvgIpc) is 2.70. The highest BCUT2D eigenvalue weighted by molar-refractivity contribution is 5.94. The largest absolute Gasteiger partial charge is 0.506 e. The van der Waals surface area contributed by atoms with E-state index in [0.717, 1.165) is 22.2 Å². The highest BCUT2D eigenvalue weighted by Gasteiger charge is 2.10. The Morgan fingerprint density at radius 1 is 1.04 bits per heavy atom. The SMILES string of the molecule is CC(=O)Nc1ccc(Nc2nc(-c3ccncc3)cc3ncccc23)cc1O. The minimum absolute atomic E-state index is 0.0343. The van der Waals surface area contributed by atoms with Crippen LogP contribution in [0.1, 0.15) is 6.92 Å². The molecule has 138 valence electrons. The van der Waals surface area contributed by atoms with E-state index in [1.165, 1.54) is 13.0 Å². The highest BCUT2D eigenvalue weighted by Crippen LogP contribution is 2.31. The molecule has 0 bridgehead atoms. The summed E-state index contributed by atoms with van der Waals surface area (Å²) in [4.78, 5) is 24.4. The fraction of sp³-hybridized carbons (Fsp3) is 0.0476. The van der Waals surface area contributed by atoms with Crippen LogP contribution in [0, 0.1) is 0 Å². The van der Waals surface area contributed by atoms with E-state index in [-0.39, 0.29) is 11.7 Å². The number of carbonyl (C=O) groups is 1. The van der Waals surface area contributed by atoms with Gasteiger partial charge in [0, 0.05) is 48.2 Å². The van der Waals surface area contributed by atoms with Gasteiger partial charge in [0.1, 0.15) is 11.6 Å². The van der Waals surface area contributed by atoms with Crippen LogP contribution in [0.15, 0.2) is 67.1 Å². The molecule has 4 aromatic rings. The molecule has 28 heavy (non-hydrogen) atoms. The van der Waals surface area contributed by atoms with Crippen LogP contribution in [0.25, 0.3) is 22.2 Å². The van der Waals surface area contributed by atoms with Crippen molar-refractivity contribution < 1.29 is 9.90 Å². The Kier molecular flexibility index (Phi) is 4.55. The molecular formula is C21H17N5O2. The van der Waals surface area contributed by atoms with E-state index in [4.69, 9.17) is 4.98 Å². The number of phenolic OH excluding ortho intramolecular Hbond substituents is 1. The molecular weight excluding hydrogens is 354 g/mol. The first kappa shape index (κ1) is 17.4. The summed E-state index contributed by atoms with van der Waals surface area (Å²) in [5.41, 5.74) is 3.47. The molecule has 0 atom stereocenters. The van der Waals surface area contributed by atoms with Gasteiger partial charge in [-0.05, 0) is 42.5 Å². The van der Waals surface area contributed by atoms with Crippen molar-refractivity contribution in [3.63, 3.8) is 0 Å². The molecule has 0 saturated carbocycles. The molecule has 1 amide bonds. The second kappa shape index (κ2) is 7.32. The van der Waals surface area contributed by atoms with Gasteiger partial charge in [0.05, 0.1) is 16.9 Å². The Hall–Kier alpha value is -4.00. The third-order valence-electron chi connectivity index (χ3n) is 4.15. The van der Waals surface area contributed by atoms with Crippen LogP contribution < -0.4 is 10.6 Å². The molecule has 0 aliphatic carbocycles. The number of aromatic nitrogens is 3. The molecule has 3 N–H and O–H groups in total. The van der Waals surface area contributed by atoms with Crippen molar-refractivity contribution in [1.29, 1.82) is 0 Å². The molecule has 4 rings (SSSR count). The van der Waals surface area contributed by atoms with Crippen molar-refractivity contribution in [2.24, 2.45) is 0 Å². The summed E-state index contributed by atoms with van der Waals surface area (Å²) in [6.07, 6.45) is 5.16. The number of phenols is 1. The lowest BCUT2D eigenvalue weighted by molar-refractivity contribution is -0.114. The zero-order valence-corrected chi connectivity index (χ0v) is 15.0. The van der Waals surface area contributed by atoms with E-state index in [9.17, 15) is 9.90 Å². The number of nitrogens with zero attached hydrogens (tertiary/aromatic N) is 3. The van der Waals surface area contributed by atoms with Gasteiger partial charge < -0.3 is 15.7 Å². The van der Waals surface area contributed by atoms with Crippen LogP contribution in [-0.4, -0.2) is 26.0 Å². The Bertz CT molecular complexity index is 1160. The number of hydrogen-bond acceptors (Lipinski definition) is 6. The molecule has 0 fully saturated rings. The van der Waals surface area contributed by atoms with Crippen LogP contribution in [0.5, 0.6) is 5.75 Å². The van der Waals surface area contributed by atoms with Crippen LogP contribution >= 0.6 is 0 Å². The quantitative estimate of drug-likeness (QED) is 0.467. The lowest BCUT2D eigenvalue weighted by Gasteiger charge is -2.13. The summed E-state index contributed by atoms with van der Waals surface area (Å²) >= 11 is 0. The summed E-state index contributed by atoms with van der Waals surface area (Å²) in [7, 11) is 0. The Morgan fingerprint density at radius 2 is 1.86 bits per heavy atom. The van der Waals surface area contributed by atoms with Gasteiger partial charge in [0.15, 0.2) is 0 Å². The summed E-state index contributed by atoms with van der Waals surface area (Å²) in [5, 5.41) is 16.8. The van der Waals surface area contributed by atoms with Gasteiger partial charge in [-0.1, -0.05) is 0 Å². The maximum Gasteiger partial charge on any atom is 0.221 e. The number of rotatable bonds is 4. The monoisotopic (exact) mass is 371 g/mol. The average molecular weight is 371 g/mol. The van der Waals surface area contributed by atoms with Crippen LogP contribution in [0.4, 0.5) is 17.2 Å². The summed E-state index contributed by atoms with van der Waals surface area (Å²) in [6.45, 7) is 1.39. The predicted octanol–water partition coefficient (Wildman–Crippen LogP) is 4.10. The summed E-state index contributed by atoms with van der Waals surface area (Å²) in [6, 6.07) is 14.4. The van der Waals surface area contributed by atoms with E-state index in [1.807, 2.05) is 30.3 Å². The first-order valence-electron chi connectivity index (χ1n) is 8.64. The molecule has 0 radical (unpaired) electrons. The third-order valence-corrected chi connectivity index (χ3v) is 4.15. The molecule has 0 spiro atoms. The minimum Gasteiger partial charge on any atom is -0.506 e. The first-order valence-corrected chi connectivity index (χ1v) is 8.64. The molecule has 0 aliphatic rings. The number of aromatic hydroxyl groups is 1. The van der Waals surface area contributed by atoms with E-state index >= 15 is 0 Å². The topological polar surface area (TPSA) is 100 Å². The van der Waals surface area contributed by atoms with Gasteiger partial charge in [-0.25, -0.2) is 4.98 Å². The Labute approximate surface area is 161 Å². The number of amides is 1. The maximum absolute atomic E-state index is 11.2. The number of anilines is 3. The number of fused-ring (bicyclic) bond motifs is 1. The molecule has 7 nitrogen and oxygen atoms in total. The maximum atomic E-state index is 11.2. The minimum atomic E-state index is -0.250. The fourth-order valence-electron chi connectivity index (χ4n) is 2.88. The zero-order valence-electron chi connectivity index (χ0n) is 15.0. The summed E-state index contributed by atoms with van der Waals surface area (Å²) < 4.78 is 0. The van der Waals surface area contributed by atoms with E-state index < -0.39 is 0 Å². The van der Waals surface area contributed by atoms with E-state index in [1.54, 1.807) is 30.7 Å². The Morgan fingerprint density at radius 3 is 2.61 bits per heavy atom. The lowest BCUT2D eigenvalue weighted by Crippen LogP contribution is -2.06. The molecule has 0 unspecified atom stereocenters. The van der Waals surface area contributed by atoms with Gasteiger partial charge >= 0.3 is 0 Å². The molecule has 0 saturated heterocycles.